The summed E-state index contributed by atoms with van der Waals surface area (Å²) >= 11 is 1.35. The zero-order chi connectivity index (χ0) is 21.3. The van der Waals surface area contributed by atoms with Gasteiger partial charge in [0.15, 0.2) is 0 Å². The van der Waals surface area contributed by atoms with Gasteiger partial charge in [0.2, 0.25) is 0 Å². The second kappa shape index (κ2) is 8.36. The number of rotatable bonds is 6. The summed E-state index contributed by atoms with van der Waals surface area (Å²) in [6.07, 6.45) is 2.51. The van der Waals surface area contributed by atoms with Gasteiger partial charge in [-0.1, -0.05) is 37.3 Å². The Morgan fingerprint density at radius 1 is 0.933 bits per heavy atom. The maximum absolute atomic E-state index is 13.4. The molecule has 0 radical (unpaired) electrons. The van der Waals surface area contributed by atoms with Crippen LogP contribution in [0.1, 0.15) is 34.9 Å². The van der Waals surface area contributed by atoms with E-state index in [2.05, 4.69) is 6.92 Å². The second-order valence-corrected chi connectivity index (χ2v) is 8.32. The first-order valence-corrected chi connectivity index (χ1v) is 10.9. The Morgan fingerprint density at radius 2 is 1.70 bits per heavy atom. The number of imide groups is 1. The molecule has 0 N–H and O–H groups in total. The monoisotopic (exact) mass is 417 g/mol. The number of benzene rings is 2. The molecule has 30 heavy (non-hydrogen) atoms. The van der Waals surface area contributed by atoms with Gasteiger partial charge in [-0.25, -0.2) is 4.90 Å². The van der Waals surface area contributed by atoms with Gasteiger partial charge in [0.25, 0.3) is 11.8 Å². The Balaban J connectivity index is 1.75. The van der Waals surface area contributed by atoms with Crippen LogP contribution in [0.2, 0.25) is 0 Å². The molecule has 1 aliphatic rings. The predicted molar refractivity (Wildman–Crippen MR) is 121 cm³/mol. The molecule has 4 rings (SSSR count). The summed E-state index contributed by atoms with van der Waals surface area (Å²) in [6, 6.07) is 17.2. The normalized spacial score (nSPS) is 14.2. The number of thioether (sulfide) groups is 1. The molecule has 5 heteroatoms. The second-order valence-electron chi connectivity index (χ2n) is 7.34. The van der Waals surface area contributed by atoms with Gasteiger partial charge in [0.05, 0.1) is 28.2 Å². The van der Waals surface area contributed by atoms with Crippen molar-refractivity contribution in [1.82, 2.24) is 0 Å². The van der Waals surface area contributed by atoms with E-state index in [4.69, 9.17) is 4.42 Å². The highest BCUT2D eigenvalue weighted by molar-refractivity contribution is 8.03. The lowest BCUT2D eigenvalue weighted by atomic mass is 10.0. The SMILES string of the molecule is CCc1ccc(N2C(=O)C(SCc3ccco3)=C(c3ccc(C)c(C)c3)C2=O)cc1. The van der Waals surface area contributed by atoms with Crippen LogP contribution in [0.5, 0.6) is 0 Å². The minimum Gasteiger partial charge on any atom is -0.468 e. The molecule has 0 bridgehead atoms. The fourth-order valence-corrected chi connectivity index (χ4v) is 4.46. The number of carbonyl (C=O) groups excluding carboxylic acids is 2. The first kappa shape index (κ1) is 20.2. The molecule has 0 spiro atoms. The van der Waals surface area contributed by atoms with Gasteiger partial charge in [0, 0.05) is 0 Å². The number of aryl methyl sites for hydroxylation is 3. The van der Waals surface area contributed by atoms with E-state index in [0.29, 0.717) is 21.9 Å². The number of amides is 2. The highest BCUT2D eigenvalue weighted by atomic mass is 32.2. The Bertz CT molecular complexity index is 1130. The van der Waals surface area contributed by atoms with Crippen LogP contribution in [-0.2, 0) is 21.8 Å². The van der Waals surface area contributed by atoms with Gasteiger partial charge in [-0.05, 0) is 66.8 Å². The van der Waals surface area contributed by atoms with Gasteiger partial charge < -0.3 is 4.42 Å². The number of furan rings is 1. The summed E-state index contributed by atoms with van der Waals surface area (Å²) in [5, 5.41) is 0. The third-order valence-corrected chi connectivity index (χ3v) is 6.47. The van der Waals surface area contributed by atoms with Crippen molar-refractivity contribution < 1.29 is 14.0 Å². The van der Waals surface area contributed by atoms with Crippen LogP contribution in [0.25, 0.3) is 5.57 Å². The molecule has 0 fully saturated rings. The van der Waals surface area contributed by atoms with Crippen molar-refractivity contribution >= 4 is 34.8 Å². The molecule has 0 atom stereocenters. The lowest BCUT2D eigenvalue weighted by molar-refractivity contribution is -0.119. The summed E-state index contributed by atoms with van der Waals surface area (Å²) in [6.45, 7) is 6.12. The van der Waals surface area contributed by atoms with E-state index >= 15 is 0 Å². The fraction of sp³-hybridized carbons (Fsp3) is 0.200. The van der Waals surface area contributed by atoms with Crippen molar-refractivity contribution in [3.63, 3.8) is 0 Å². The van der Waals surface area contributed by atoms with Crippen LogP contribution in [-0.4, -0.2) is 11.8 Å². The van der Waals surface area contributed by atoms with Crippen molar-refractivity contribution in [2.45, 2.75) is 32.9 Å². The van der Waals surface area contributed by atoms with Crippen molar-refractivity contribution in [1.29, 1.82) is 0 Å². The molecular weight excluding hydrogens is 394 g/mol. The van der Waals surface area contributed by atoms with Crippen LogP contribution >= 0.6 is 11.8 Å². The molecule has 0 unspecified atom stereocenters. The molecule has 3 aromatic rings. The standard InChI is InChI=1S/C25H23NO3S/c1-4-18-8-11-20(12-9-18)26-24(27)22(19-10-7-16(2)17(3)14-19)23(25(26)28)30-15-21-6-5-13-29-21/h5-14H,4,15H2,1-3H3. The molecule has 2 amide bonds. The molecular formula is C25H23NO3S. The van der Waals surface area contributed by atoms with E-state index in [1.807, 2.05) is 68.4 Å². The topological polar surface area (TPSA) is 50.5 Å². The van der Waals surface area contributed by atoms with Crippen LogP contribution in [0.15, 0.2) is 70.2 Å². The third-order valence-electron chi connectivity index (χ3n) is 5.38. The average molecular weight is 418 g/mol. The third kappa shape index (κ3) is 3.73. The Morgan fingerprint density at radius 3 is 2.33 bits per heavy atom. The van der Waals surface area contributed by atoms with E-state index in [-0.39, 0.29) is 11.8 Å². The van der Waals surface area contributed by atoms with Crippen molar-refractivity contribution in [2.75, 3.05) is 4.90 Å². The Hall–Kier alpha value is -3.05. The van der Waals surface area contributed by atoms with Crippen LogP contribution < -0.4 is 4.90 Å². The lowest BCUT2D eigenvalue weighted by Crippen LogP contribution is -2.31. The van der Waals surface area contributed by atoms with Gasteiger partial charge in [-0.3, -0.25) is 9.59 Å². The van der Waals surface area contributed by atoms with Crippen LogP contribution in [0.3, 0.4) is 0 Å². The molecule has 1 aliphatic heterocycles. The summed E-state index contributed by atoms with van der Waals surface area (Å²) in [5.41, 5.74) is 5.21. The van der Waals surface area contributed by atoms with Gasteiger partial charge >= 0.3 is 0 Å². The number of anilines is 1. The Kier molecular flexibility index (Phi) is 5.64. The zero-order valence-electron chi connectivity index (χ0n) is 17.3. The lowest BCUT2D eigenvalue weighted by Gasteiger charge is -2.15. The number of hydrogen-bond donors (Lipinski definition) is 0. The van der Waals surface area contributed by atoms with E-state index in [1.54, 1.807) is 6.26 Å². The summed E-state index contributed by atoms with van der Waals surface area (Å²) in [7, 11) is 0. The fourth-order valence-electron chi connectivity index (χ4n) is 3.45. The van der Waals surface area contributed by atoms with Crippen molar-refractivity contribution in [2.24, 2.45) is 0 Å². The van der Waals surface area contributed by atoms with E-state index < -0.39 is 0 Å². The molecule has 4 nitrogen and oxygen atoms in total. The first-order valence-electron chi connectivity index (χ1n) is 9.94. The van der Waals surface area contributed by atoms with Crippen molar-refractivity contribution in [3.8, 4) is 0 Å². The maximum atomic E-state index is 13.4. The highest BCUT2D eigenvalue weighted by Crippen LogP contribution is 2.40. The van der Waals surface area contributed by atoms with Gasteiger partial charge in [0.1, 0.15) is 5.76 Å². The number of hydrogen-bond acceptors (Lipinski definition) is 4. The van der Waals surface area contributed by atoms with Crippen LogP contribution in [0, 0.1) is 13.8 Å². The zero-order valence-corrected chi connectivity index (χ0v) is 18.1. The van der Waals surface area contributed by atoms with E-state index in [9.17, 15) is 9.59 Å². The first-order chi connectivity index (χ1) is 14.5. The van der Waals surface area contributed by atoms with E-state index in [1.165, 1.54) is 16.7 Å². The predicted octanol–water partition coefficient (Wildman–Crippen LogP) is 5.68. The summed E-state index contributed by atoms with van der Waals surface area (Å²) in [5.74, 6) is 0.680. The summed E-state index contributed by atoms with van der Waals surface area (Å²) < 4.78 is 5.41. The molecule has 0 aliphatic carbocycles. The quantitative estimate of drug-likeness (QED) is 0.485. The number of carbonyl (C=O) groups is 2. The summed E-state index contributed by atoms with van der Waals surface area (Å²) in [4.78, 5) is 28.6. The number of nitrogens with zero attached hydrogens (tertiary/aromatic N) is 1. The maximum Gasteiger partial charge on any atom is 0.272 e. The molecule has 0 saturated heterocycles. The molecule has 0 saturated carbocycles. The minimum atomic E-state index is -0.283. The smallest absolute Gasteiger partial charge is 0.272 e. The molecule has 1 aromatic heterocycles. The van der Waals surface area contributed by atoms with Crippen molar-refractivity contribution in [3.05, 3.63) is 93.8 Å². The van der Waals surface area contributed by atoms with Crippen LogP contribution in [0.4, 0.5) is 5.69 Å². The van der Waals surface area contributed by atoms with Gasteiger partial charge in [-0.15, -0.1) is 11.8 Å². The highest BCUT2D eigenvalue weighted by Gasteiger charge is 2.40. The Labute approximate surface area is 180 Å². The van der Waals surface area contributed by atoms with Gasteiger partial charge in [-0.2, -0.15) is 0 Å². The largest absolute Gasteiger partial charge is 0.468 e. The minimum absolute atomic E-state index is 0.283. The molecule has 2 heterocycles. The molecule has 152 valence electrons. The average Bonchev–Trinajstić information content (AvgIpc) is 3.35. The molecule has 2 aromatic carbocycles. The van der Waals surface area contributed by atoms with E-state index in [0.717, 1.165) is 34.4 Å².